The minimum atomic E-state index is -0.554. The van der Waals surface area contributed by atoms with Crippen molar-refractivity contribution in [3.63, 3.8) is 0 Å². The first-order valence-electron chi connectivity index (χ1n) is 4.75. The van der Waals surface area contributed by atoms with Gasteiger partial charge in [0.25, 0.3) is 0 Å². The van der Waals surface area contributed by atoms with Gasteiger partial charge in [-0.1, -0.05) is 18.2 Å². The average Bonchev–Trinajstić information content (AvgIpc) is 2.28. The number of rotatable bonds is 1. The number of para-hydroxylation sites is 1. The molecule has 0 bridgehead atoms. The Morgan fingerprint density at radius 1 is 1.38 bits per heavy atom. The lowest BCUT2D eigenvalue weighted by molar-refractivity contribution is 0.0602. The van der Waals surface area contributed by atoms with Crippen LogP contribution in [0.15, 0.2) is 33.5 Å². The van der Waals surface area contributed by atoms with Gasteiger partial charge in [0, 0.05) is 11.5 Å². The molecule has 1 heterocycles. The van der Waals surface area contributed by atoms with Crippen LogP contribution < -0.4 is 5.63 Å². The Kier molecular flexibility index (Phi) is 2.48. The molecule has 0 N–H and O–H groups in total. The Morgan fingerprint density at radius 2 is 2.12 bits per heavy atom. The molecule has 0 aliphatic heterocycles. The summed E-state index contributed by atoms with van der Waals surface area (Å²) in [5.41, 5.74) is 0.912. The highest BCUT2D eigenvalue weighted by Crippen LogP contribution is 2.20. The van der Waals surface area contributed by atoms with E-state index in [-0.39, 0.29) is 5.56 Å². The first-order chi connectivity index (χ1) is 7.63. The molecule has 0 unspecified atom stereocenters. The third-order valence-corrected chi connectivity index (χ3v) is 2.37. The summed E-state index contributed by atoms with van der Waals surface area (Å²) in [6, 6.07) is 6.47. The maximum absolute atomic E-state index is 11.5. The van der Waals surface area contributed by atoms with Gasteiger partial charge in [0.05, 0.1) is 12.7 Å². The van der Waals surface area contributed by atoms with Gasteiger partial charge in [-0.15, -0.1) is 0 Å². The molecule has 0 saturated heterocycles. The molecule has 0 spiro atoms. The van der Waals surface area contributed by atoms with Crippen molar-refractivity contribution in [3.05, 3.63) is 45.8 Å². The smallest absolute Gasteiger partial charge is 0.338 e. The molecule has 0 saturated carbocycles. The molecule has 0 amide bonds. The number of methoxy groups -OCH3 is 1. The van der Waals surface area contributed by atoms with Crippen molar-refractivity contribution in [1.29, 1.82) is 0 Å². The Hall–Kier alpha value is -2.10. The van der Waals surface area contributed by atoms with E-state index in [2.05, 4.69) is 4.74 Å². The van der Waals surface area contributed by atoms with Gasteiger partial charge < -0.3 is 9.15 Å². The van der Waals surface area contributed by atoms with Crippen LogP contribution >= 0.6 is 0 Å². The van der Waals surface area contributed by atoms with Crippen molar-refractivity contribution in [3.8, 4) is 0 Å². The molecule has 4 nitrogen and oxygen atoms in total. The SMILES string of the molecule is COC(=O)c1cc(=O)oc2c(C)cccc12. The quantitative estimate of drug-likeness (QED) is 0.541. The zero-order chi connectivity index (χ0) is 11.7. The first kappa shape index (κ1) is 10.4. The normalized spacial score (nSPS) is 10.4. The number of carbonyl (C=O) groups is 1. The summed E-state index contributed by atoms with van der Waals surface area (Å²) >= 11 is 0. The van der Waals surface area contributed by atoms with Gasteiger partial charge >= 0.3 is 11.6 Å². The summed E-state index contributed by atoms with van der Waals surface area (Å²) in [4.78, 5) is 22.8. The molecule has 16 heavy (non-hydrogen) atoms. The molecule has 4 heteroatoms. The maximum Gasteiger partial charge on any atom is 0.338 e. The average molecular weight is 218 g/mol. The lowest BCUT2D eigenvalue weighted by atomic mass is 10.1. The topological polar surface area (TPSA) is 56.5 Å². The maximum atomic E-state index is 11.5. The fourth-order valence-corrected chi connectivity index (χ4v) is 1.60. The minimum absolute atomic E-state index is 0.234. The van der Waals surface area contributed by atoms with E-state index in [4.69, 9.17) is 4.42 Å². The summed E-state index contributed by atoms with van der Waals surface area (Å²) in [5, 5.41) is 0.589. The Balaban J connectivity index is 2.88. The van der Waals surface area contributed by atoms with E-state index in [1.807, 2.05) is 13.0 Å². The molecular formula is C12H10O4. The number of ether oxygens (including phenoxy) is 1. The lowest BCUT2D eigenvalue weighted by Gasteiger charge is -2.04. The van der Waals surface area contributed by atoms with Gasteiger partial charge in [-0.25, -0.2) is 9.59 Å². The van der Waals surface area contributed by atoms with Gasteiger partial charge in [0.1, 0.15) is 5.58 Å². The van der Waals surface area contributed by atoms with Crippen LogP contribution in [0.5, 0.6) is 0 Å². The third-order valence-electron chi connectivity index (χ3n) is 2.37. The number of benzene rings is 1. The van der Waals surface area contributed by atoms with Crippen molar-refractivity contribution in [2.24, 2.45) is 0 Å². The van der Waals surface area contributed by atoms with E-state index in [1.165, 1.54) is 7.11 Å². The highest BCUT2D eigenvalue weighted by molar-refractivity contribution is 6.03. The molecule has 2 aromatic rings. The molecule has 82 valence electrons. The molecule has 0 radical (unpaired) electrons. The number of carbonyl (C=O) groups excluding carboxylic acids is 1. The summed E-state index contributed by atoms with van der Waals surface area (Å²) in [6.45, 7) is 1.81. The number of hydrogen-bond donors (Lipinski definition) is 0. The van der Waals surface area contributed by atoms with E-state index in [0.717, 1.165) is 11.6 Å². The zero-order valence-corrected chi connectivity index (χ0v) is 8.94. The van der Waals surface area contributed by atoms with Gasteiger partial charge in [-0.3, -0.25) is 0 Å². The van der Waals surface area contributed by atoms with Crippen LogP contribution in [0.2, 0.25) is 0 Å². The van der Waals surface area contributed by atoms with Crippen LogP contribution in [0.4, 0.5) is 0 Å². The highest BCUT2D eigenvalue weighted by Gasteiger charge is 2.13. The fourth-order valence-electron chi connectivity index (χ4n) is 1.60. The summed E-state index contributed by atoms with van der Waals surface area (Å²) in [7, 11) is 1.28. The number of fused-ring (bicyclic) bond motifs is 1. The third kappa shape index (κ3) is 1.58. The number of hydrogen-bond acceptors (Lipinski definition) is 4. The van der Waals surface area contributed by atoms with Gasteiger partial charge in [0.15, 0.2) is 0 Å². The van der Waals surface area contributed by atoms with Gasteiger partial charge in [-0.05, 0) is 12.5 Å². The summed E-state index contributed by atoms with van der Waals surface area (Å²) in [5.74, 6) is -0.538. The van der Waals surface area contributed by atoms with Crippen LogP contribution in [0, 0.1) is 6.92 Å². The second-order valence-electron chi connectivity index (χ2n) is 3.42. The molecule has 0 aliphatic rings. The molecule has 1 aromatic heterocycles. The monoisotopic (exact) mass is 218 g/mol. The zero-order valence-electron chi connectivity index (χ0n) is 8.94. The fraction of sp³-hybridized carbons (Fsp3) is 0.167. The Bertz CT molecular complexity index is 610. The highest BCUT2D eigenvalue weighted by atomic mass is 16.5. The lowest BCUT2D eigenvalue weighted by Crippen LogP contribution is -2.08. The summed E-state index contributed by atoms with van der Waals surface area (Å²) in [6.07, 6.45) is 0. The molecule has 0 aliphatic carbocycles. The number of esters is 1. The Labute approximate surface area is 91.4 Å². The van der Waals surface area contributed by atoms with Crippen molar-refractivity contribution >= 4 is 16.9 Å². The van der Waals surface area contributed by atoms with Crippen LogP contribution in [0.25, 0.3) is 11.0 Å². The van der Waals surface area contributed by atoms with E-state index < -0.39 is 11.6 Å². The van der Waals surface area contributed by atoms with E-state index >= 15 is 0 Å². The van der Waals surface area contributed by atoms with Crippen LogP contribution in [0.3, 0.4) is 0 Å². The van der Waals surface area contributed by atoms with Crippen LogP contribution in [0.1, 0.15) is 15.9 Å². The largest absolute Gasteiger partial charge is 0.465 e. The number of aryl methyl sites for hydroxylation is 1. The van der Waals surface area contributed by atoms with Crippen molar-refractivity contribution in [2.45, 2.75) is 6.92 Å². The predicted octanol–water partition coefficient (Wildman–Crippen LogP) is 1.89. The van der Waals surface area contributed by atoms with Crippen LogP contribution in [-0.4, -0.2) is 13.1 Å². The van der Waals surface area contributed by atoms with Crippen molar-refractivity contribution in [1.82, 2.24) is 0 Å². The standard InChI is InChI=1S/C12H10O4/c1-7-4-3-5-8-9(12(14)15-2)6-10(13)16-11(7)8/h3-6H,1-2H3. The molecule has 1 aromatic carbocycles. The second kappa shape index (κ2) is 3.81. The molecule has 0 atom stereocenters. The molecular weight excluding hydrogens is 208 g/mol. The minimum Gasteiger partial charge on any atom is -0.465 e. The predicted molar refractivity (Wildman–Crippen MR) is 58.6 cm³/mol. The van der Waals surface area contributed by atoms with Crippen molar-refractivity contribution < 1.29 is 13.9 Å². The van der Waals surface area contributed by atoms with Crippen LogP contribution in [-0.2, 0) is 4.74 Å². The van der Waals surface area contributed by atoms with Crippen molar-refractivity contribution in [2.75, 3.05) is 7.11 Å². The second-order valence-corrected chi connectivity index (χ2v) is 3.42. The first-order valence-corrected chi connectivity index (χ1v) is 4.75. The van der Waals surface area contributed by atoms with E-state index in [1.54, 1.807) is 12.1 Å². The molecule has 0 fully saturated rings. The Morgan fingerprint density at radius 3 is 2.81 bits per heavy atom. The van der Waals surface area contributed by atoms with Gasteiger partial charge in [-0.2, -0.15) is 0 Å². The summed E-state index contributed by atoms with van der Waals surface area (Å²) < 4.78 is 9.68. The van der Waals surface area contributed by atoms with E-state index in [9.17, 15) is 9.59 Å². The molecule has 2 rings (SSSR count). The van der Waals surface area contributed by atoms with Gasteiger partial charge in [0.2, 0.25) is 0 Å². The van der Waals surface area contributed by atoms with E-state index in [0.29, 0.717) is 11.0 Å².